The van der Waals surface area contributed by atoms with Crippen LogP contribution in [0.1, 0.15) is 10.4 Å². The molecule has 2 aromatic rings. The highest BCUT2D eigenvalue weighted by Gasteiger charge is 2.33. The molecule has 0 radical (unpaired) electrons. The normalized spacial score (nSPS) is 11.8. The number of hydrogen-bond donors (Lipinski definition) is 1. The number of nitrogens with zero attached hydrogens (tertiary/aromatic N) is 1. The zero-order chi connectivity index (χ0) is 15.6. The Bertz CT molecular complexity index is 663. The number of ether oxygens (including phenoxy) is 2. The molecule has 0 saturated heterocycles. The number of rotatable bonds is 5. The minimum absolute atomic E-state index is 0.0848. The molecule has 1 N–H and O–H groups in total. The van der Waals surface area contributed by atoms with E-state index in [-0.39, 0.29) is 10.9 Å². The average molecular weight is 303 g/mol. The molecule has 8 heteroatoms. The summed E-state index contributed by atoms with van der Waals surface area (Å²) < 4.78 is 47.6. The van der Waals surface area contributed by atoms with Crippen molar-refractivity contribution in [2.75, 3.05) is 13.7 Å². The van der Waals surface area contributed by atoms with Crippen LogP contribution in [0.3, 0.4) is 0 Å². The Morgan fingerprint density at radius 3 is 2.67 bits per heavy atom. The largest absolute Gasteiger partial charge is 0.573 e. The number of aromatic carboxylic acids is 1. The summed E-state index contributed by atoms with van der Waals surface area (Å²) >= 11 is 0. The first kappa shape index (κ1) is 15.2. The number of carboxylic acid groups (broad SMARTS) is 1. The van der Waals surface area contributed by atoms with Crippen LogP contribution in [0.4, 0.5) is 13.2 Å². The lowest BCUT2D eigenvalue weighted by molar-refractivity contribution is -0.274. The molecule has 0 unspecified atom stereocenters. The standard InChI is InChI=1S/C13H12F3NO4/c1-20-6-5-17-7-8(12(18)19)11-9(17)3-2-4-10(11)21-13(14,15)16/h2-4,7H,5-6H2,1H3,(H,18,19). The Morgan fingerprint density at radius 1 is 1.38 bits per heavy atom. The van der Waals surface area contributed by atoms with Gasteiger partial charge in [0.1, 0.15) is 5.75 Å². The summed E-state index contributed by atoms with van der Waals surface area (Å²) in [6, 6.07) is 3.99. The number of aromatic nitrogens is 1. The van der Waals surface area contributed by atoms with Crippen LogP contribution in [-0.2, 0) is 11.3 Å². The van der Waals surface area contributed by atoms with Crippen molar-refractivity contribution in [2.24, 2.45) is 0 Å². The van der Waals surface area contributed by atoms with Crippen LogP contribution in [0.25, 0.3) is 10.9 Å². The first-order valence-electron chi connectivity index (χ1n) is 5.93. The van der Waals surface area contributed by atoms with Crippen molar-refractivity contribution in [3.05, 3.63) is 30.0 Å². The summed E-state index contributed by atoms with van der Waals surface area (Å²) in [6.45, 7) is 0.614. The van der Waals surface area contributed by atoms with Crippen LogP contribution in [0.5, 0.6) is 5.75 Å². The Morgan fingerprint density at radius 2 is 2.10 bits per heavy atom. The van der Waals surface area contributed by atoms with Gasteiger partial charge in [-0.25, -0.2) is 4.79 Å². The predicted molar refractivity (Wildman–Crippen MR) is 67.5 cm³/mol. The van der Waals surface area contributed by atoms with Gasteiger partial charge in [0.2, 0.25) is 0 Å². The number of carboxylic acids is 1. The number of benzene rings is 1. The molecule has 0 aliphatic rings. The van der Waals surface area contributed by atoms with E-state index in [0.29, 0.717) is 18.7 Å². The third-order valence-corrected chi connectivity index (χ3v) is 2.86. The highest BCUT2D eigenvalue weighted by atomic mass is 19.4. The van der Waals surface area contributed by atoms with Gasteiger partial charge < -0.3 is 19.1 Å². The lowest BCUT2D eigenvalue weighted by Crippen LogP contribution is -2.17. The molecule has 114 valence electrons. The average Bonchev–Trinajstić information content (AvgIpc) is 2.75. The number of hydrogen-bond acceptors (Lipinski definition) is 3. The van der Waals surface area contributed by atoms with Gasteiger partial charge in [-0.15, -0.1) is 13.2 Å². The smallest absolute Gasteiger partial charge is 0.478 e. The van der Waals surface area contributed by atoms with Gasteiger partial charge in [0, 0.05) is 19.9 Å². The van der Waals surface area contributed by atoms with Gasteiger partial charge in [0.15, 0.2) is 0 Å². The van der Waals surface area contributed by atoms with E-state index in [9.17, 15) is 18.0 Å². The predicted octanol–water partition coefficient (Wildman–Crippen LogP) is 2.88. The van der Waals surface area contributed by atoms with Crippen LogP contribution >= 0.6 is 0 Å². The second-order valence-corrected chi connectivity index (χ2v) is 4.23. The summed E-state index contributed by atoms with van der Waals surface area (Å²) in [5, 5.41) is 9.08. The van der Waals surface area contributed by atoms with E-state index < -0.39 is 18.1 Å². The molecule has 0 aliphatic heterocycles. The highest BCUT2D eigenvalue weighted by molar-refractivity contribution is 6.06. The first-order valence-corrected chi connectivity index (χ1v) is 5.93. The van der Waals surface area contributed by atoms with Crippen molar-refractivity contribution in [3.8, 4) is 5.75 Å². The van der Waals surface area contributed by atoms with Crippen LogP contribution < -0.4 is 4.74 Å². The fourth-order valence-corrected chi connectivity index (χ4v) is 2.07. The molecule has 1 aromatic carbocycles. The monoisotopic (exact) mass is 303 g/mol. The van der Waals surface area contributed by atoms with Crippen LogP contribution in [0.2, 0.25) is 0 Å². The van der Waals surface area contributed by atoms with Gasteiger partial charge in [0.25, 0.3) is 0 Å². The van der Waals surface area contributed by atoms with Crippen molar-refractivity contribution < 1.29 is 32.5 Å². The topological polar surface area (TPSA) is 60.7 Å². The highest BCUT2D eigenvalue weighted by Crippen LogP contribution is 2.34. The van der Waals surface area contributed by atoms with Crippen molar-refractivity contribution in [2.45, 2.75) is 12.9 Å². The van der Waals surface area contributed by atoms with Gasteiger partial charge in [-0.05, 0) is 12.1 Å². The Hall–Kier alpha value is -2.22. The Kier molecular flexibility index (Phi) is 4.08. The van der Waals surface area contributed by atoms with Crippen LogP contribution in [-0.4, -0.2) is 35.7 Å². The van der Waals surface area contributed by atoms with E-state index in [2.05, 4.69) is 4.74 Å². The number of alkyl halides is 3. The molecular formula is C13H12F3NO4. The van der Waals surface area contributed by atoms with Crippen molar-refractivity contribution in [3.63, 3.8) is 0 Å². The zero-order valence-corrected chi connectivity index (χ0v) is 11.0. The number of halogens is 3. The summed E-state index contributed by atoms with van der Waals surface area (Å²) in [5.74, 6) is -1.86. The molecule has 0 saturated carbocycles. The molecule has 0 bridgehead atoms. The summed E-state index contributed by atoms with van der Waals surface area (Å²) in [5.41, 5.74) is 0.0900. The van der Waals surface area contributed by atoms with E-state index in [0.717, 1.165) is 6.07 Å². The Labute approximate surface area is 117 Å². The van der Waals surface area contributed by atoms with E-state index in [4.69, 9.17) is 9.84 Å². The summed E-state index contributed by atoms with van der Waals surface area (Å²) in [6.07, 6.45) is -3.62. The number of carbonyl (C=O) groups is 1. The fourth-order valence-electron chi connectivity index (χ4n) is 2.07. The quantitative estimate of drug-likeness (QED) is 0.922. The molecular weight excluding hydrogens is 291 g/mol. The molecule has 1 heterocycles. The van der Waals surface area contributed by atoms with E-state index >= 15 is 0 Å². The van der Waals surface area contributed by atoms with Gasteiger partial charge in [0.05, 0.1) is 23.1 Å². The fraction of sp³-hybridized carbons (Fsp3) is 0.308. The van der Waals surface area contributed by atoms with Crippen molar-refractivity contribution in [1.29, 1.82) is 0 Å². The molecule has 0 fully saturated rings. The summed E-state index contributed by atoms with van der Waals surface area (Å²) in [4.78, 5) is 11.2. The molecule has 1 aromatic heterocycles. The Balaban J connectivity index is 2.61. The van der Waals surface area contributed by atoms with Gasteiger partial charge in [-0.1, -0.05) is 6.07 Å². The third-order valence-electron chi connectivity index (χ3n) is 2.86. The minimum atomic E-state index is -4.89. The summed E-state index contributed by atoms with van der Waals surface area (Å²) in [7, 11) is 1.47. The SMILES string of the molecule is COCCn1cc(C(=O)O)c2c(OC(F)(F)F)cccc21. The first-order chi connectivity index (χ1) is 9.83. The molecule has 0 amide bonds. The molecule has 2 rings (SSSR count). The molecule has 21 heavy (non-hydrogen) atoms. The van der Waals surface area contributed by atoms with Gasteiger partial charge in [-0.2, -0.15) is 0 Å². The van der Waals surface area contributed by atoms with E-state index in [1.807, 2.05) is 0 Å². The molecule has 5 nitrogen and oxygen atoms in total. The third kappa shape index (κ3) is 3.27. The van der Waals surface area contributed by atoms with Crippen LogP contribution in [0.15, 0.2) is 24.4 Å². The van der Waals surface area contributed by atoms with Crippen molar-refractivity contribution >= 4 is 16.9 Å². The second kappa shape index (κ2) is 5.65. The van der Waals surface area contributed by atoms with E-state index in [1.165, 1.54) is 30.0 Å². The minimum Gasteiger partial charge on any atom is -0.478 e. The van der Waals surface area contributed by atoms with E-state index in [1.54, 1.807) is 0 Å². The molecule has 0 aliphatic carbocycles. The molecule has 0 atom stereocenters. The number of fused-ring (bicyclic) bond motifs is 1. The second-order valence-electron chi connectivity index (χ2n) is 4.23. The lowest BCUT2D eigenvalue weighted by atomic mass is 10.1. The van der Waals surface area contributed by atoms with Crippen molar-refractivity contribution in [1.82, 2.24) is 4.57 Å². The van der Waals surface area contributed by atoms with Crippen LogP contribution in [0, 0.1) is 0 Å². The maximum absolute atomic E-state index is 12.4. The maximum atomic E-state index is 12.4. The maximum Gasteiger partial charge on any atom is 0.573 e. The van der Waals surface area contributed by atoms with Gasteiger partial charge in [-0.3, -0.25) is 0 Å². The lowest BCUT2D eigenvalue weighted by Gasteiger charge is -2.11. The number of methoxy groups -OCH3 is 1. The van der Waals surface area contributed by atoms with Gasteiger partial charge >= 0.3 is 12.3 Å². The zero-order valence-electron chi connectivity index (χ0n) is 11.0. The molecule has 0 spiro atoms.